The van der Waals surface area contributed by atoms with Crippen LogP contribution < -0.4 is 38.5 Å². The molecule has 5 aromatic carbocycles. The predicted octanol–water partition coefficient (Wildman–Crippen LogP) is 0.571. The van der Waals surface area contributed by atoms with E-state index in [1.807, 2.05) is 3.27 Å². The summed E-state index contributed by atoms with van der Waals surface area (Å²) >= 11 is -1.93. The van der Waals surface area contributed by atoms with Crippen LogP contribution in [0, 0.1) is 6.92 Å². The van der Waals surface area contributed by atoms with Crippen molar-refractivity contribution in [2.45, 2.75) is 17.5 Å². The van der Waals surface area contributed by atoms with Crippen LogP contribution in [0.15, 0.2) is 115 Å². The van der Waals surface area contributed by atoms with Gasteiger partial charge in [0.05, 0.1) is 0 Å². The number of hydrogen-bond acceptors (Lipinski definition) is 0. The summed E-state index contributed by atoms with van der Waals surface area (Å²) in [7, 11) is 0. The van der Waals surface area contributed by atoms with Crippen molar-refractivity contribution in [3.05, 3.63) is 131 Å². The summed E-state index contributed by atoms with van der Waals surface area (Å²) in [6.45, 7) is 4.72. The molecule has 0 spiro atoms. The number of rotatable bonds is 3. The molecule has 0 saturated heterocycles. The smallest absolute Gasteiger partial charge is 1.00 e. The third-order valence-corrected chi connectivity index (χ3v) is 31.3. The molecule has 0 saturated carbocycles. The fourth-order valence-electron chi connectivity index (χ4n) is 7.28. The Kier molecular flexibility index (Phi) is 6.97. The Morgan fingerprint density at radius 3 is 2.08 bits per heavy atom. The van der Waals surface area contributed by atoms with Gasteiger partial charge in [-0.15, -0.1) is 0 Å². The molecule has 39 heavy (non-hydrogen) atoms. The third-order valence-electron chi connectivity index (χ3n) is 8.80. The molecular weight excluding hydrogens is 611 g/mol. The summed E-state index contributed by atoms with van der Waals surface area (Å²) in [5, 5.41) is 3.55. The standard InChI is InChI=1S/C23H19.C12H8Si.2ClH.Zr/c1-16-14-19-13-12-17(2)23(22(19)15-16)21-11-7-6-10-20(21)18-8-4-3-5-9-18;1-3-7-11-9(5-1)10-6-2-4-8-12(10)13-11;;;/h3-15H,1-2H3;1-7,13H;2*1H;/q;;;;+2/p-2. The molecule has 0 radical (unpaired) electrons. The average Bonchev–Trinajstić information content (AvgIpc) is 3.42. The molecule has 2 atom stereocenters. The second-order valence-corrected chi connectivity index (χ2v) is 25.7. The van der Waals surface area contributed by atoms with Gasteiger partial charge >= 0.3 is 229 Å². The number of hydrogen-bond donors (Lipinski definition) is 0. The van der Waals surface area contributed by atoms with Crippen LogP contribution in [0.4, 0.5) is 0 Å². The quantitative estimate of drug-likeness (QED) is 0.254. The van der Waals surface area contributed by atoms with Crippen LogP contribution in [0.5, 0.6) is 0 Å². The number of benzene rings is 5. The Morgan fingerprint density at radius 1 is 0.615 bits per heavy atom. The van der Waals surface area contributed by atoms with Crippen molar-refractivity contribution in [2.24, 2.45) is 0 Å². The molecule has 0 aromatic heterocycles. The van der Waals surface area contributed by atoms with Gasteiger partial charge in [0.15, 0.2) is 0 Å². The second-order valence-electron chi connectivity index (χ2n) is 10.7. The minimum atomic E-state index is -1.93. The fraction of sp³-hybridized carbons (Fsp3) is 0.0857. The SMILES string of the molecule is CC1=Cc2c(ccc(C)c2-c2ccccc2-c2ccccc2)[CH]1[Zr+2]1[c]2cccc3c2[SiH]1c1ccccc1-3.[Cl-].[Cl-]. The molecule has 5 aromatic rings. The van der Waals surface area contributed by atoms with E-state index in [2.05, 4.69) is 129 Å². The van der Waals surface area contributed by atoms with Crippen LogP contribution in [0.1, 0.15) is 27.2 Å². The van der Waals surface area contributed by atoms with E-state index >= 15 is 0 Å². The average molecular weight is 638 g/mol. The summed E-state index contributed by atoms with van der Waals surface area (Å²) < 4.78 is 2.48. The van der Waals surface area contributed by atoms with Crippen LogP contribution in [-0.4, -0.2) is 5.92 Å². The zero-order valence-electron chi connectivity index (χ0n) is 21.9. The van der Waals surface area contributed by atoms with Gasteiger partial charge in [-0.2, -0.15) is 0 Å². The van der Waals surface area contributed by atoms with Gasteiger partial charge in [0.2, 0.25) is 0 Å². The normalized spacial score (nSPS) is 17.2. The first-order valence-electron chi connectivity index (χ1n) is 13.3. The molecule has 1 aliphatic carbocycles. The van der Waals surface area contributed by atoms with Gasteiger partial charge in [-0.25, -0.2) is 0 Å². The summed E-state index contributed by atoms with van der Waals surface area (Å²) in [4.78, 5) is 0. The van der Waals surface area contributed by atoms with Gasteiger partial charge in [0.25, 0.3) is 0 Å². The van der Waals surface area contributed by atoms with E-state index in [9.17, 15) is 0 Å². The topological polar surface area (TPSA) is 0 Å². The minimum Gasteiger partial charge on any atom is -1.00 e. The Hall–Kier alpha value is -2.48. The molecule has 0 nitrogen and oxygen atoms in total. The first-order valence-corrected chi connectivity index (χ1v) is 21.9. The molecule has 0 amide bonds. The largest absolute Gasteiger partial charge is 1.00 e. The van der Waals surface area contributed by atoms with Crippen molar-refractivity contribution < 1.29 is 45.7 Å². The van der Waals surface area contributed by atoms with E-state index in [1.54, 1.807) is 32.6 Å². The molecule has 2 aliphatic heterocycles. The van der Waals surface area contributed by atoms with Gasteiger partial charge in [0, 0.05) is 0 Å². The van der Waals surface area contributed by atoms with Crippen molar-refractivity contribution in [3.63, 3.8) is 0 Å². The van der Waals surface area contributed by atoms with Crippen LogP contribution >= 0.6 is 0 Å². The van der Waals surface area contributed by atoms with E-state index in [0.29, 0.717) is 3.63 Å². The van der Waals surface area contributed by atoms with Crippen LogP contribution in [0.3, 0.4) is 0 Å². The molecule has 3 aliphatic rings. The van der Waals surface area contributed by atoms with Gasteiger partial charge in [0.1, 0.15) is 0 Å². The number of fused-ring (bicyclic) bond motifs is 4. The van der Waals surface area contributed by atoms with E-state index < -0.39 is 26.8 Å². The Balaban J connectivity index is 0.00000138. The number of allylic oxidation sites excluding steroid dienone is 1. The van der Waals surface area contributed by atoms with Gasteiger partial charge in [-0.1, -0.05) is 0 Å². The Morgan fingerprint density at radius 2 is 1.28 bits per heavy atom. The third kappa shape index (κ3) is 3.80. The van der Waals surface area contributed by atoms with Crippen molar-refractivity contribution in [3.8, 4) is 33.4 Å². The summed E-state index contributed by atoms with van der Waals surface area (Å²) in [5.74, 6) is -1.05. The van der Waals surface area contributed by atoms with E-state index in [1.165, 1.54) is 33.4 Å². The molecule has 4 heteroatoms. The molecule has 0 N–H and O–H groups in total. The molecule has 0 bridgehead atoms. The maximum atomic E-state index is 2.56. The number of aryl methyl sites for hydroxylation is 1. The van der Waals surface area contributed by atoms with Gasteiger partial charge < -0.3 is 24.8 Å². The van der Waals surface area contributed by atoms with Crippen molar-refractivity contribution in [1.82, 2.24) is 0 Å². The molecule has 2 unspecified atom stereocenters. The molecule has 2 heterocycles. The Bertz CT molecular complexity index is 1780. The maximum absolute atomic E-state index is 2.56. The van der Waals surface area contributed by atoms with Crippen molar-refractivity contribution in [1.29, 1.82) is 0 Å². The maximum Gasteiger partial charge on any atom is -1.00 e. The molecule has 8 rings (SSSR count). The molecule has 0 fully saturated rings. The van der Waals surface area contributed by atoms with Crippen LogP contribution in [-0.2, 0) is 20.9 Å². The summed E-state index contributed by atoms with van der Waals surface area (Å²) in [5.41, 5.74) is 14.6. The van der Waals surface area contributed by atoms with Crippen molar-refractivity contribution in [2.75, 3.05) is 0 Å². The van der Waals surface area contributed by atoms with Crippen LogP contribution in [0.2, 0.25) is 0 Å². The van der Waals surface area contributed by atoms with Gasteiger partial charge in [-0.05, 0) is 0 Å². The number of halogens is 2. The molecule has 189 valence electrons. The van der Waals surface area contributed by atoms with Crippen LogP contribution in [0.25, 0.3) is 39.5 Å². The second kappa shape index (κ2) is 10.2. The first kappa shape index (κ1) is 26.7. The molecular formula is C35H27Cl2SiZr. The zero-order chi connectivity index (χ0) is 24.7. The summed E-state index contributed by atoms with van der Waals surface area (Å²) in [6, 6.07) is 41.4. The van der Waals surface area contributed by atoms with E-state index in [-0.39, 0.29) is 24.8 Å². The first-order chi connectivity index (χ1) is 18.2. The Labute approximate surface area is 251 Å². The zero-order valence-corrected chi connectivity index (χ0v) is 27.0. The summed E-state index contributed by atoms with van der Waals surface area (Å²) in [6.07, 6.45) is 2.56. The fourth-order valence-corrected chi connectivity index (χ4v) is 33.6. The monoisotopic (exact) mass is 635 g/mol. The van der Waals surface area contributed by atoms with Crippen molar-refractivity contribution >= 4 is 25.6 Å². The van der Waals surface area contributed by atoms with E-state index in [0.717, 1.165) is 0 Å². The van der Waals surface area contributed by atoms with Gasteiger partial charge in [-0.3, -0.25) is 0 Å². The van der Waals surface area contributed by atoms with E-state index in [4.69, 9.17) is 0 Å². The minimum absolute atomic E-state index is 0. The predicted molar refractivity (Wildman–Crippen MR) is 156 cm³/mol.